The van der Waals surface area contributed by atoms with Crippen molar-refractivity contribution < 1.29 is 0 Å². The van der Waals surface area contributed by atoms with Crippen LogP contribution in [0, 0.1) is 6.92 Å². The molecule has 0 aromatic heterocycles. The first kappa shape index (κ1) is 10.7. The first-order valence-electron chi connectivity index (χ1n) is 4.20. The average molecular weight is 210 g/mol. The Bertz CT molecular complexity index is 292. The molecule has 0 radical (unpaired) electrons. The Morgan fingerprint density at radius 1 is 1.46 bits per heavy atom. The fourth-order valence-electron chi connectivity index (χ4n) is 0.944. The van der Waals surface area contributed by atoms with Crippen LogP contribution in [0.15, 0.2) is 41.3 Å². The van der Waals surface area contributed by atoms with Gasteiger partial charge >= 0.3 is 0 Å². The van der Waals surface area contributed by atoms with Gasteiger partial charge in [-0.2, -0.15) is 12.6 Å². The summed E-state index contributed by atoms with van der Waals surface area (Å²) in [5.41, 5.74) is 2.51. The Morgan fingerprint density at radius 3 is 2.77 bits per heavy atom. The maximum Gasteiger partial charge on any atom is 0.0196 e. The molecule has 1 aromatic carbocycles. The Morgan fingerprint density at radius 2 is 2.15 bits per heavy atom. The lowest BCUT2D eigenvalue weighted by molar-refractivity contribution is 1.30. The van der Waals surface area contributed by atoms with Crippen LogP contribution >= 0.6 is 24.4 Å². The van der Waals surface area contributed by atoms with Crippen molar-refractivity contribution in [2.75, 3.05) is 11.5 Å². The number of benzene rings is 1. The summed E-state index contributed by atoms with van der Waals surface area (Å²) in [7, 11) is 0. The van der Waals surface area contributed by atoms with Gasteiger partial charge in [0, 0.05) is 16.4 Å². The minimum atomic E-state index is 0.777. The molecule has 0 nitrogen and oxygen atoms in total. The highest BCUT2D eigenvalue weighted by Gasteiger charge is 1.98. The fourth-order valence-corrected chi connectivity index (χ4v) is 2.14. The van der Waals surface area contributed by atoms with Gasteiger partial charge in [-0.05, 0) is 18.6 Å². The van der Waals surface area contributed by atoms with Gasteiger partial charge in [0.15, 0.2) is 0 Å². The van der Waals surface area contributed by atoms with E-state index >= 15 is 0 Å². The van der Waals surface area contributed by atoms with E-state index in [1.54, 1.807) is 0 Å². The standard InChI is InChI=1S/C11H14S2/c1-9(7-12)8-13-11-6-4-3-5-10(11)2/h3-6,12H,1,7-8H2,2H3. The van der Waals surface area contributed by atoms with Gasteiger partial charge in [-0.1, -0.05) is 30.4 Å². The normalized spacial score (nSPS) is 10.0. The molecule has 0 aliphatic heterocycles. The molecule has 0 spiro atoms. The van der Waals surface area contributed by atoms with E-state index in [0.29, 0.717) is 0 Å². The van der Waals surface area contributed by atoms with Crippen LogP contribution < -0.4 is 0 Å². The van der Waals surface area contributed by atoms with Gasteiger partial charge in [-0.3, -0.25) is 0 Å². The molecule has 0 bridgehead atoms. The smallest absolute Gasteiger partial charge is 0.0196 e. The van der Waals surface area contributed by atoms with Crippen molar-refractivity contribution in [3.8, 4) is 0 Å². The third-order valence-corrected chi connectivity index (χ3v) is 3.52. The molecule has 70 valence electrons. The Kier molecular flexibility index (Phi) is 4.46. The summed E-state index contributed by atoms with van der Waals surface area (Å²) in [6, 6.07) is 8.41. The molecule has 0 saturated heterocycles. The van der Waals surface area contributed by atoms with Crippen molar-refractivity contribution in [1.29, 1.82) is 0 Å². The summed E-state index contributed by atoms with van der Waals surface area (Å²) < 4.78 is 0. The molecular weight excluding hydrogens is 196 g/mol. The van der Waals surface area contributed by atoms with Crippen LogP contribution in [0.4, 0.5) is 0 Å². The highest BCUT2D eigenvalue weighted by atomic mass is 32.2. The second-order valence-corrected chi connectivity index (χ2v) is 4.30. The predicted octanol–water partition coefficient (Wildman–Crippen LogP) is 3.57. The lowest BCUT2D eigenvalue weighted by Gasteiger charge is -2.05. The van der Waals surface area contributed by atoms with Crippen LogP contribution in [-0.4, -0.2) is 11.5 Å². The Balaban J connectivity index is 2.54. The van der Waals surface area contributed by atoms with Gasteiger partial charge in [0.2, 0.25) is 0 Å². The second-order valence-electron chi connectivity index (χ2n) is 2.96. The average Bonchev–Trinajstić information content (AvgIpc) is 2.16. The van der Waals surface area contributed by atoms with E-state index in [1.165, 1.54) is 16.0 Å². The monoisotopic (exact) mass is 210 g/mol. The number of hydrogen-bond acceptors (Lipinski definition) is 2. The largest absolute Gasteiger partial charge is 0.175 e. The molecule has 1 rings (SSSR count). The summed E-state index contributed by atoms with van der Waals surface area (Å²) in [4.78, 5) is 1.34. The highest BCUT2D eigenvalue weighted by molar-refractivity contribution is 7.99. The Hall–Kier alpha value is -0.340. The molecule has 0 amide bonds. The number of rotatable bonds is 4. The maximum atomic E-state index is 4.17. The zero-order valence-corrected chi connectivity index (χ0v) is 9.50. The number of hydrogen-bond donors (Lipinski definition) is 1. The van der Waals surface area contributed by atoms with E-state index in [9.17, 15) is 0 Å². The van der Waals surface area contributed by atoms with Gasteiger partial charge in [0.25, 0.3) is 0 Å². The topological polar surface area (TPSA) is 0 Å². The lowest BCUT2D eigenvalue weighted by atomic mass is 10.2. The van der Waals surface area contributed by atoms with Crippen LogP contribution in [0.1, 0.15) is 5.56 Å². The van der Waals surface area contributed by atoms with Crippen molar-refractivity contribution in [2.45, 2.75) is 11.8 Å². The minimum absolute atomic E-state index is 0.777. The van der Waals surface area contributed by atoms with E-state index in [4.69, 9.17) is 0 Å². The third-order valence-electron chi connectivity index (χ3n) is 1.75. The van der Waals surface area contributed by atoms with Crippen molar-refractivity contribution >= 4 is 24.4 Å². The molecular formula is C11H14S2. The Labute approximate surface area is 89.8 Å². The first-order chi connectivity index (χ1) is 6.24. The molecule has 0 atom stereocenters. The highest BCUT2D eigenvalue weighted by Crippen LogP contribution is 2.23. The van der Waals surface area contributed by atoms with Crippen molar-refractivity contribution in [2.24, 2.45) is 0 Å². The third kappa shape index (κ3) is 3.49. The number of thiol groups is 1. The molecule has 0 fully saturated rings. The van der Waals surface area contributed by atoms with Crippen molar-refractivity contribution in [3.63, 3.8) is 0 Å². The van der Waals surface area contributed by atoms with E-state index in [1.807, 2.05) is 11.8 Å². The van der Waals surface area contributed by atoms with Gasteiger partial charge in [-0.15, -0.1) is 11.8 Å². The zero-order valence-electron chi connectivity index (χ0n) is 7.79. The predicted molar refractivity (Wildman–Crippen MR) is 64.9 cm³/mol. The van der Waals surface area contributed by atoms with E-state index in [2.05, 4.69) is 50.4 Å². The van der Waals surface area contributed by atoms with Gasteiger partial charge in [0.1, 0.15) is 0 Å². The van der Waals surface area contributed by atoms with E-state index in [0.717, 1.165) is 11.5 Å². The van der Waals surface area contributed by atoms with E-state index in [-0.39, 0.29) is 0 Å². The lowest BCUT2D eigenvalue weighted by Crippen LogP contribution is -1.87. The summed E-state index contributed by atoms with van der Waals surface area (Å²) in [6.07, 6.45) is 0. The number of thioether (sulfide) groups is 1. The first-order valence-corrected chi connectivity index (χ1v) is 5.82. The zero-order chi connectivity index (χ0) is 9.68. The fraction of sp³-hybridized carbons (Fsp3) is 0.273. The summed E-state index contributed by atoms with van der Waals surface area (Å²) >= 11 is 6.01. The van der Waals surface area contributed by atoms with Gasteiger partial charge < -0.3 is 0 Å². The quantitative estimate of drug-likeness (QED) is 0.450. The van der Waals surface area contributed by atoms with Crippen LogP contribution in [0.3, 0.4) is 0 Å². The SMILES string of the molecule is C=C(CS)CSc1ccccc1C. The molecule has 0 unspecified atom stereocenters. The van der Waals surface area contributed by atoms with E-state index < -0.39 is 0 Å². The summed E-state index contributed by atoms with van der Waals surface area (Å²) in [6.45, 7) is 6.05. The molecule has 0 heterocycles. The molecule has 13 heavy (non-hydrogen) atoms. The van der Waals surface area contributed by atoms with Crippen molar-refractivity contribution in [3.05, 3.63) is 42.0 Å². The van der Waals surface area contributed by atoms with Gasteiger partial charge in [0.05, 0.1) is 0 Å². The van der Waals surface area contributed by atoms with Gasteiger partial charge in [-0.25, -0.2) is 0 Å². The van der Waals surface area contributed by atoms with Crippen molar-refractivity contribution in [1.82, 2.24) is 0 Å². The van der Waals surface area contributed by atoms with Crippen LogP contribution in [0.2, 0.25) is 0 Å². The second kappa shape index (κ2) is 5.40. The van der Waals surface area contributed by atoms with Crippen LogP contribution in [-0.2, 0) is 0 Å². The molecule has 2 heteroatoms. The molecule has 0 saturated carbocycles. The van der Waals surface area contributed by atoms with Crippen LogP contribution in [0.5, 0.6) is 0 Å². The molecule has 1 aromatic rings. The van der Waals surface area contributed by atoms with Crippen LogP contribution in [0.25, 0.3) is 0 Å². The maximum absolute atomic E-state index is 4.17. The molecule has 0 aliphatic rings. The summed E-state index contributed by atoms with van der Waals surface area (Å²) in [5, 5.41) is 0. The molecule has 0 N–H and O–H groups in total. The minimum Gasteiger partial charge on any atom is -0.175 e. The molecule has 0 aliphatic carbocycles. The summed E-state index contributed by atoms with van der Waals surface area (Å²) in [5.74, 6) is 1.74. The number of aryl methyl sites for hydroxylation is 1.